The van der Waals surface area contributed by atoms with Gasteiger partial charge in [0.15, 0.2) is 0 Å². The Morgan fingerprint density at radius 1 is 1.41 bits per heavy atom. The molecule has 0 radical (unpaired) electrons. The van der Waals surface area contributed by atoms with E-state index in [0.29, 0.717) is 19.5 Å². The van der Waals surface area contributed by atoms with E-state index in [1.807, 2.05) is 21.7 Å². The molecule has 0 saturated carbocycles. The van der Waals surface area contributed by atoms with E-state index in [-0.39, 0.29) is 17.5 Å². The Morgan fingerprint density at radius 3 is 3.09 bits per heavy atom. The first-order valence-electron chi connectivity index (χ1n) is 7.51. The van der Waals surface area contributed by atoms with E-state index < -0.39 is 0 Å². The number of imidazole rings is 1. The molecule has 116 valence electrons. The van der Waals surface area contributed by atoms with Gasteiger partial charge in [0.2, 0.25) is 5.91 Å². The molecule has 1 fully saturated rings. The smallest absolute Gasteiger partial charge is 0.342 e. The van der Waals surface area contributed by atoms with Gasteiger partial charge in [-0.05, 0) is 18.9 Å². The summed E-state index contributed by atoms with van der Waals surface area (Å²) in [6.07, 6.45) is 9.20. The Bertz CT molecular complexity index is 679. The number of hydrogen-bond donors (Lipinski definition) is 1. The maximum Gasteiger partial charge on any atom is 0.345 e. The van der Waals surface area contributed by atoms with Gasteiger partial charge >= 0.3 is 5.69 Å². The zero-order valence-corrected chi connectivity index (χ0v) is 12.3. The van der Waals surface area contributed by atoms with Crippen molar-refractivity contribution in [3.8, 4) is 0 Å². The van der Waals surface area contributed by atoms with E-state index in [4.69, 9.17) is 0 Å². The van der Waals surface area contributed by atoms with Crippen molar-refractivity contribution in [1.29, 1.82) is 0 Å². The number of nitrogens with zero attached hydrogens (tertiary/aromatic N) is 4. The molecule has 1 aliphatic heterocycles. The number of amides is 1. The Hall–Kier alpha value is -2.44. The van der Waals surface area contributed by atoms with Crippen molar-refractivity contribution < 1.29 is 4.79 Å². The molecule has 1 aliphatic rings. The molecular formula is C15H19N5O2. The van der Waals surface area contributed by atoms with E-state index >= 15 is 0 Å². The van der Waals surface area contributed by atoms with Crippen molar-refractivity contribution in [2.75, 3.05) is 13.1 Å². The lowest BCUT2D eigenvalue weighted by atomic mass is 9.94. The third kappa shape index (κ3) is 3.41. The Kier molecular flexibility index (Phi) is 4.32. The van der Waals surface area contributed by atoms with Crippen molar-refractivity contribution in [3.63, 3.8) is 0 Å². The van der Waals surface area contributed by atoms with Crippen molar-refractivity contribution in [3.05, 3.63) is 47.2 Å². The first-order chi connectivity index (χ1) is 10.7. The fourth-order valence-corrected chi connectivity index (χ4v) is 2.88. The number of carbonyl (C=O) groups is 1. The highest BCUT2D eigenvalue weighted by molar-refractivity contribution is 5.76. The molecule has 22 heavy (non-hydrogen) atoms. The Balaban J connectivity index is 1.60. The number of nitrogens with one attached hydrogen (secondary N) is 1. The quantitative estimate of drug-likeness (QED) is 0.903. The van der Waals surface area contributed by atoms with Crippen LogP contribution in [0.15, 0.2) is 35.8 Å². The fraction of sp³-hybridized carbons (Fsp3) is 0.467. The van der Waals surface area contributed by atoms with Gasteiger partial charge in [0, 0.05) is 56.3 Å². The normalized spacial score (nSPS) is 18.4. The lowest BCUT2D eigenvalue weighted by Crippen LogP contribution is -2.39. The van der Waals surface area contributed by atoms with Gasteiger partial charge in [0.05, 0.1) is 6.33 Å². The number of aryl methyl sites for hydroxylation is 1. The molecule has 1 unspecified atom stereocenters. The van der Waals surface area contributed by atoms with Crippen LogP contribution in [0.3, 0.4) is 0 Å². The maximum atomic E-state index is 12.3. The predicted octanol–water partition coefficient (Wildman–Crippen LogP) is 0.763. The summed E-state index contributed by atoms with van der Waals surface area (Å²) in [5.74, 6) is 0.330. The van der Waals surface area contributed by atoms with Gasteiger partial charge in [-0.2, -0.15) is 0 Å². The zero-order valence-electron chi connectivity index (χ0n) is 12.3. The van der Waals surface area contributed by atoms with Gasteiger partial charge in [-0.25, -0.2) is 14.8 Å². The van der Waals surface area contributed by atoms with Crippen LogP contribution in [0.25, 0.3) is 0 Å². The summed E-state index contributed by atoms with van der Waals surface area (Å²) in [6.45, 7) is 2.09. The van der Waals surface area contributed by atoms with Crippen LogP contribution in [-0.4, -0.2) is 43.4 Å². The van der Waals surface area contributed by atoms with E-state index in [0.717, 1.165) is 25.1 Å². The van der Waals surface area contributed by atoms with Crippen molar-refractivity contribution >= 4 is 5.91 Å². The third-order valence-electron chi connectivity index (χ3n) is 4.05. The molecule has 0 bridgehead atoms. The average Bonchev–Trinajstić information content (AvgIpc) is 3.06. The van der Waals surface area contributed by atoms with Crippen LogP contribution in [0.2, 0.25) is 0 Å². The van der Waals surface area contributed by atoms with E-state index in [9.17, 15) is 9.59 Å². The molecule has 3 rings (SSSR count). The number of aromatic nitrogens is 4. The number of rotatable bonds is 4. The lowest BCUT2D eigenvalue weighted by molar-refractivity contribution is -0.132. The lowest BCUT2D eigenvalue weighted by Gasteiger charge is -2.32. The van der Waals surface area contributed by atoms with Gasteiger partial charge < -0.3 is 14.5 Å². The number of aromatic amines is 1. The molecule has 7 nitrogen and oxygen atoms in total. The Morgan fingerprint density at radius 2 is 2.32 bits per heavy atom. The van der Waals surface area contributed by atoms with Gasteiger partial charge in [0.1, 0.15) is 0 Å². The van der Waals surface area contributed by atoms with Gasteiger partial charge in [-0.1, -0.05) is 0 Å². The Labute approximate surface area is 128 Å². The number of carbonyl (C=O) groups excluding carboxylic acids is 1. The maximum absolute atomic E-state index is 12.3. The molecule has 0 aromatic carbocycles. The number of piperidine rings is 1. The molecule has 0 spiro atoms. The minimum Gasteiger partial charge on any atom is -0.342 e. The molecule has 1 atom stereocenters. The number of hydrogen-bond acceptors (Lipinski definition) is 4. The van der Waals surface area contributed by atoms with Crippen molar-refractivity contribution in [2.45, 2.75) is 31.7 Å². The molecule has 2 aromatic heterocycles. The van der Waals surface area contributed by atoms with Crippen LogP contribution >= 0.6 is 0 Å². The summed E-state index contributed by atoms with van der Waals surface area (Å²) in [4.78, 5) is 36.0. The second-order valence-corrected chi connectivity index (χ2v) is 5.56. The molecular weight excluding hydrogens is 282 g/mol. The molecule has 7 heteroatoms. The molecule has 1 saturated heterocycles. The second kappa shape index (κ2) is 6.55. The SMILES string of the molecule is O=C(CCn1ccnc1)N1CCCC(c2ccnc(=O)[nH]2)C1. The van der Waals surface area contributed by atoms with Crippen LogP contribution in [-0.2, 0) is 11.3 Å². The summed E-state index contributed by atoms with van der Waals surface area (Å²) in [5.41, 5.74) is 0.535. The molecule has 2 aromatic rings. The highest BCUT2D eigenvalue weighted by Gasteiger charge is 2.25. The summed E-state index contributed by atoms with van der Waals surface area (Å²) < 4.78 is 1.90. The summed E-state index contributed by atoms with van der Waals surface area (Å²) in [6, 6.07) is 1.82. The standard InChI is InChI=1S/C15H19N5O2/c21-14(4-8-19-9-6-16-11-19)20-7-1-2-12(10-20)13-3-5-17-15(22)18-13/h3,5-6,9,11-12H,1-2,4,7-8,10H2,(H,17,18,22). The summed E-state index contributed by atoms with van der Waals surface area (Å²) in [5, 5.41) is 0. The molecule has 1 amide bonds. The van der Waals surface area contributed by atoms with Gasteiger partial charge in [-0.15, -0.1) is 0 Å². The first kappa shape index (κ1) is 14.5. The summed E-state index contributed by atoms with van der Waals surface area (Å²) >= 11 is 0. The predicted molar refractivity (Wildman–Crippen MR) is 80.3 cm³/mol. The van der Waals surface area contributed by atoms with Crippen LogP contribution in [0.5, 0.6) is 0 Å². The zero-order chi connectivity index (χ0) is 15.4. The molecule has 0 aliphatic carbocycles. The van der Waals surface area contributed by atoms with Crippen molar-refractivity contribution in [1.82, 2.24) is 24.4 Å². The number of H-pyrrole nitrogens is 1. The first-order valence-corrected chi connectivity index (χ1v) is 7.51. The van der Waals surface area contributed by atoms with E-state index in [2.05, 4.69) is 15.0 Å². The summed E-state index contributed by atoms with van der Waals surface area (Å²) in [7, 11) is 0. The van der Waals surface area contributed by atoms with Gasteiger partial charge in [-0.3, -0.25) is 4.79 Å². The van der Waals surface area contributed by atoms with E-state index in [1.165, 1.54) is 6.20 Å². The topological polar surface area (TPSA) is 83.9 Å². The van der Waals surface area contributed by atoms with Gasteiger partial charge in [0.25, 0.3) is 0 Å². The third-order valence-corrected chi connectivity index (χ3v) is 4.05. The molecule has 1 N–H and O–H groups in total. The van der Waals surface area contributed by atoms with Crippen LogP contribution in [0, 0.1) is 0 Å². The highest BCUT2D eigenvalue weighted by Crippen LogP contribution is 2.25. The minimum atomic E-state index is -0.332. The highest BCUT2D eigenvalue weighted by atomic mass is 16.2. The second-order valence-electron chi connectivity index (χ2n) is 5.56. The van der Waals surface area contributed by atoms with Crippen LogP contribution < -0.4 is 5.69 Å². The van der Waals surface area contributed by atoms with Crippen LogP contribution in [0.4, 0.5) is 0 Å². The fourth-order valence-electron chi connectivity index (χ4n) is 2.88. The minimum absolute atomic E-state index is 0.148. The van der Waals surface area contributed by atoms with Crippen molar-refractivity contribution in [2.24, 2.45) is 0 Å². The monoisotopic (exact) mass is 301 g/mol. The largest absolute Gasteiger partial charge is 0.345 e. The average molecular weight is 301 g/mol. The van der Waals surface area contributed by atoms with Crippen LogP contribution in [0.1, 0.15) is 30.9 Å². The molecule has 3 heterocycles. The van der Waals surface area contributed by atoms with E-state index in [1.54, 1.807) is 12.5 Å². The number of likely N-dealkylation sites (tertiary alicyclic amines) is 1.